The highest BCUT2D eigenvalue weighted by molar-refractivity contribution is 6.15. The summed E-state index contributed by atoms with van der Waals surface area (Å²) in [6, 6.07) is 6.67. The predicted molar refractivity (Wildman–Crippen MR) is 78.6 cm³/mol. The number of carbonyl (C=O) groups is 1. The van der Waals surface area contributed by atoms with Crippen LogP contribution in [-0.2, 0) is 4.79 Å². The van der Waals surface area contributed by atoms with Gasteiger partial charge in [0, 0.05) is 0 Å². The molecule has 0 spiro atoms. The van der Waals surface area contributed by atoms with Gasteiger partial charge in [0.25, 0.3) is 5.91 Å². The van der Waals surface area contributed by atoms with Gasteiger partial charge in [-0.1, -0.05) is 12.1 Å². The van der Waals surface area contributed by atoms with Gasteiger partial charge >= 0.3 is 0 Å². The highest BCUT2D eigenvalue weighted by Crippen LogP contribution is 2.17. The monoisotopic (exact) mass is 294 g/mol. The lowest BCUT2D eigenvalue weighted by Crippen LogP contribution is -2.38. The Morgan fingerprint density at radius 2 is 2.15 bits per heavy atom. The molecule has 1 aliphatic heterocycles. The van der Waals surface area contributed by atoms with Crippen LogP contribution in [0, 0.1) is 12.3 Å². The van der Waals surface area contributed by atoms with Crippen LogP contribution in [0.15, 0.2) is 39.6 Å². The summed E-state index contributed by atoms with van der Waals surface area (Å²) in [5.74, 6) is -0.876. The summed E-state index contributed by atoms with van der Waals surface area (Å²) in [6.45, 7) is 3.60. The number of hydrazone groups is 1. The molecule has 1 aromatic rings. The van der Waals surface area contributed by atoms with Crippen molar-refractivity contribution in [1.82, 2.24) is 5.01 Å². The first-order valence-corrected chi connectivity index (χ1v) is 5.69. The van der Waals surface area contributed by atoms with E-state index in [0.29, 0.717) is 11.4 Å². The van der Waals surface area contributed by atoms with Gasteiger partial charge in [-0.2, -0.15) is 20.3 Å². The van der Waals surface area contributed by atoms with Crippen molar-refractivity contribution >= 4 is 35.7 Å². The van der Waals surface area contributed by atoms with E-state index in [4.69, 9.17) is 11.1 Å². The standard InChI is InChI=1S/C12H14N6O.ClH/c1-7-4-3-5-9(6-7)15-16-10-8(2)17-18(11(10)19)12(13)14;/h3-6,10H,1-2H3,(H3,13,14);1H. The first kappa shape index (κ1) is 15.8. The number of guanidine groups is 1. The molecule has 1 amide bonds. The van der Waals surface area contributed by atoms with Gasteiger partial charge in [0.1, 0.15) is 0 Å². The van der Waals surface area contributed by atoms with E-state index in [1.807, 2.05) is 25.1 Å². The average Bonchev–Trinajstić information content (AvgIpc) is 2.63. The van der Waals surface area contributed by atoms with E-state index >= 15 is 0 Å². The molecule has 0 radical (unpaired) electrons. The quantitative estimate of drug-likeness (QED) is 0.494. The molecule has 0 saturated carbocycles. The van der Waals surface area contributed by atoms with Crippen LogP contribution in [0.4, 0.5) is 5.69 Å². The van der Waals surface area contributed by atoms with Gasteiger partial charge < -0.3 is 5.73 Å². The van der Waals surface area contributed by atoms with Crippen molar-refractivity contribution in [1.29, 1.82) is 5.41 Å². The molecule has 0 aromatic heterocycles. The third-order valence-corrected chi connectivity index (χ3v) is 2.61. The Morgan fingerprint density at radius 1 is 1.45 bits per heavy atom. The smallest absolute Gasteiger partial charge is 0.282 e. The van der Waals surface area contributed by atoms with Gasteiger partial charge in [0.2, 0.25) is 5.96 Å². The second-order valence-corrected chi connectivity index (χ2v) is 4.23. The SMILES string of the molecule is CC1=NN(C(=N)N)C(=O)C1N=Nc1cccc(C)c1.Cl. The van der Waals surface area contributed by atoms with E-state index in [9.17, 15) is 4.79 Å². The maximum absolute atomic E-state index is 11.9. The van der Waals surface area contributed by atoms with E-state index in [0.717, 1.165) is 10.6 Å². The normalized spacial score (nSPS) is 18.1. The zero-order valence-electron chi connectivity index (χ0n) is 11.1. The van der Waals surface area contributed by atoms with E-state index in [1.165, 1.54) is 0 Å². The van der Waals surface area contributed by atoms with Crippen molar-refractivity contribution in [3.05, 3.63) is 29.8 Å². The van der Waals surface area contributed by atoms with Gasteiger partial charge in [0.15, 0.2) is 6.04 Å². The minimum Gasteiger partial charge on any atom is -0.368 e. The van der Waals surface area contributed by atoms with Crippen molar-refractivity contribution in [2.75, 3.05) is 0 Å². The lowest BCUT2D eigenvalue weighted by Gasteiger charge is -2.08. The van der Waals surface area contributed by atoms with Crippen LogP contribution in [0.5, 0.6) is 0 Å². The van der Waals surface area contributed by atoms with Crippen LogP contribution in [0.1, 0.15) is 12.5 Å². The molecule has 3 N–H and O–H groups in total. The molecule has 0 fully saturated rings. The summed E-state index contributed by atoms with van der Waals surface area (Å²) in [6.07, 6.45) is 0. The Bertz CT molecular complexity index is 597. The fourth-order valence-corrected chi connectivity index (χ4v) is 1.68. The Labute approximate surface area is 122 Å². The number of halogens is 1. The van der Waals surface area contributed by atoms with E-state index in [2.05, 4.69) is 15.3 Å². The van der Waals surface area contributed by atoms with Crippen LogP contribution in [-0.4, -0.2) is 28.6 Å². The molecular weight excluding hydrogens is 280 g/mol. The molecular formula is C12H15ClN6O. The number of aryl methyl sites for hydroxylation is 1. The second-order valence-electron chi connectivity index (χ2n) is 4.23. The molecule has 0 bridgehead atoms. The first-order chi connectivity index (χ1) is 8.99. The molecule has 20 heavy (non-hydrogen) atoms. The largest absolute Gasteiger partial charge is 0.368 e. The number of nitrogens with zero attached hydrogens (tertiary/aromatic N) is 4. The Balaban J connectivity index is 0.00000200. The summed E-state index contributed by atoms with van der Waals surface area (Å²) in [4.78, 5) is 11.9. The lowest BCUT2D eigenvalue weighted by atomic mass is 10.2. The molecule has 1 atom stereocenters. The van der Waals surface area contributed by atoms with Gasteiger partial charge in [-0.3, -0.25) is 10.2 Å². The molecule has 1 unspecified atom stereocenters. The topological polar surface area (TPSA) is 107 Å². The molecule has 7 nitrogen and oxygen atoms in total. The molecule has 1 aliphatic rings. The molecule has 0 saturated heterocycles. The summed E-state index contributed by atoms with van der Waals surface area (Å²) in [5.41, 5.74) is 7.45. The fraction of sp³-hybridized carbons (Fsp3) is 0.250. The zero-order valence-corrected chi connectivity index (χ0v) is 11.9. The number of nitrogens with one attached hydrogen (secondary N) is 1. The second kappa shape index (κ2) is 6.25. The Kier molecular flexibility index (Phi) is 4.93. The van der Waals surface area contributed by atoms with Crippen molar-refractivity contribution in [3.8, 4) is 0 Å². The minimum atomic E-state index is -0.801. The minimum absolute atomic E-state index is 0. The van der Waals surface area contributed by atoms with Gasteiger partial charge in [-0.05, 0) is 31.5 Å². The Morgan fingerprint density at radius 3 is 2.70 bits per heavy atom. The van der Waals surface area contributed by atoms with Crippen molar-refractivity contribution in [3.63, 3.8) is 0 Å². The summed E-state index contributed by atoms with van der Waals surface area (Å²) >= 11 is 0. The van der Waals surface area contributed by atoms with Crippen LogP contribution in [0.2, 0.25) is 0 Å². The third-order valence-electron chi connectivity index (χ3n) is 2.61. The van der Waals surface area contributed by atoms with Crippen LogP contribution in [0.25, 0.3) is 0 Å². The number of carbonyl (C=O) groups excluding carboxylic acids is 1. The molecule has 2 rings (SSSR count). The van der Waals surface area contributed by atoms with E-state index in [-0.39, 0.29) is 12.4 Å². The van der Waals surface area contributed by atoms with Crippen LogP contribution >= 0.6 is 12.4 Å². The highest BCUT2D eigenvalue weighted by Gasteiger charge is 2.35. The van der Waals surface area contributed by atoms with Crippen molar-refractivity contribution < 1.29 is 4.79 Å². The number of hydrogen-bond donors (Lipinski definition) is 2. The lowest BCUT2D eigenvalue weighted by molar-refractivity contribution is -0.126. The third kappa shape index (κ3) is 3.18. The van der Waals surface area contributed by atoms with E-state index in [1.54, 1.807) is 13.0 Å². The number of amides is 1. The summed E-state index contributed by atoms with van der Waals surface area (Å²) in [5, 5.41) is 19.9. The number of rotatable bonds is 2. The average molecular weight is 295 g/mol. The highest BCUT2D eigenvalue weighted by atomic mass is 35.5. The molecule has 8 heteroatoms. The number of azo groups is 1. The molecule has 1 aromatic carbocycles. The zero-order chi connectivity index (χ0) is 14.0. The summed E-state index contributed by atoms with van der Waals surface area (Å²) < 4.78 is 0. The van der Waals surface area contributed by atoms with Gasteiger partial charge in [-0.25, -0.2) is 0 Å². The fourth-order valence-electron chi connectivity index (χ4n) is 1.68. The number of benzene rings is 1. The van der Waals surface area contributed by atoms with Gasteiger partial charge in [-0.15, -0.1) is 12.4 Å². The Hall–Kier alpha value is -2.28. The molecule has 106 valence electrons. The first-order valence-electron chi connectivity index (χ1n) is 5.69. The predicted octanol–water partition coefficient (Wildman–Crippen LogP) is 1.98. The van der Waals surface area contributed by atoms with Crippen molar-refractivity contribution in [2.45, 2.75) is 19.9 Å². The van der Waals surface area contributed by atoms with Crippen molar-refractivity contribution in [2.24, 2.45) is 21.1 Å². The number of hydrogen-bond acceptors (Lipinski definition) is 5. The molecule has 0 aliphatic carbocycles. The van der Waals surface area contributed by atoms with E-state index < -0.39 is 17.9 Å². The number of nitrogens with two attached hydrogens (primary N) is 1. The molecule has 1 heterocycles. The maximum atomic E-state index is 11.9. The van der Waals surface area contributed by atoms with Gasteiger partial charge in [0.05, 0.1) is 11.4 Å². The maximum Gasteiger partial charge on any atom is 0.282 e. The summed E-state index contributed by atoms with van der Waals surface area (Å²) in [7, 11) is 0. The van der Waals surface area contributed by atoms with Crippen LogP contribution in [0.3, 0.4) is 0 Å². The van der Waals surface area contributed by atoms with Crippen LogP contribution < -0.4 is 5.73 Å².